The lowest BCUT2D eigenvalue weighted by molar-refractivity contribution is -0.0263. The Morgan fingerprint density at radius 2 is 1.94 bits per heavy atom. The molecule has 0 amide bonds. The molecule has 1 heterocycles. The van der Waals surface area contributed by atoms with Gasteiger partial charge >= 0.3 is 0 Å². The highest BCUT2D eigenvalue weighted by Gasteiger charge is 2.27. The number of aromatic nitrogens is 1. The summed E-state index contributed by atoms with van der Waals surface area (Å²) in [4.78, 5) is 4.07. The van der Waals surface area contributed by atoms with Crippen LogP contribution in [-0.4, -0.2) is 27.4 Å². The van der Waals surface area contributed by atoms with Crippen molar-refractivity contribution in [2.24, 2.45) is 5.92 Å². The quantitative estimate of drug-likeness (QED) is 0.898. The molecule has 1 aliphatic carbocycles. The van der Waals surface area contributed by atoms with E-state index in [2.05, 4.69) is 20.9 Å². The van der Waals surface area contributed by atoms with Gasteiger partial charge in [0, 0.05) is 23.3 Å². The lowest BCUT2D eigenvalue weighted by Gasteiger charge is -2.29. The van der Waals surface area contributed by atoms with Crippen molar-refractivity contribution in [3.63, 3.8) is 0 Å². The van der Waals surface area contributed by atoms with Gasteiger partial charge < -0.3 is 10.2 Å². The minimum atomic E-state index is -0.691. The van der Waals surface area contributed by atoms with Crippen molar-refractivity contribution >= 4 is 15.9 Å². The van der Waals surface area contributed by atoms with Crippen LogP contribution in [-0.2, 0) is 6.42 Å². The Morgan fingerprint density at radius 3 is 2.61 bits per heavy atom. The molecule has 1 saturated carbocycles. The highest BCUT2D eigenvalue weighted by Crippen LogP contribution is 2.28. The minimum Gasteiger partial charge on any atom is -0.390 e. The summed E-state index contributed by atoms with van der Waals surface area (Å²) in [5.74, 6) is 0.258. The number of halogens is 1. The molecule has 0 radical (unpaired) electrons. The summed E-state index contributed by atoms with van der Waals surface area (Å²) in [6, 6.07) is 1.93. The number of pyridine rings is 1. The fourth-order valence-corrected chi connectivity index (χ4v) is 3.13. The molecular weight excluding hydrogens is 294 g/mol. The van der Waals surface area contributed by atoms with Crippen LogP contribution < -0.4 is 0 Å². The average Bonchev–Trinajstić information content (AvgIpc) is 2.39. The molecule has 0 aliphatic heterocycles. The third-order valence-electron chi connectivity index (χ3n) is 3.73. The third-order valence-corrected chi connectivity index (χ3v) is 4.17. The van der Waals surface area contributed by atoms with Crippen LogP contribution in [0.1, 0.15) is 37.7 Å². The van der Waals surface area contributed by atoms with E-state index in [1.165, 1.54) is 19.3 Å². The maximum atomic E-state index is 10.2. The number of nitrogens with zero attached hydrogens (tertiary/aromatic N) is 1. The normalized spacial score (nSPS) is 20.6. The summed E-state index contributed by atoms with van der Waals surface area (Å²) in [5, 5.41) is 20.3. The van der Waals surface area contributed by atoms with Gasteiger partial charge in [-0.15, -0.1) is 0 Å². The first-order valence-electron chi connectivity index (χ1n) is 6.62. The fraction of sp³-hybridized carbons (Fsp3) is 0.643. The van der Waals surface area contributed by atoms with Crippen LogP contribution in [0.5, 0.6) is 0 Å². The van der Waals surface area contributed by atoms with E-state index < -0.39 is 12.2 Å². The van der Waals surface area contributed by atoms with Crippen LogP contribution in [0.2, 0.25) is 0 Å². The lowest BCUT2D eigenvalue weighted by atomic mass is 9.82. The van der Waals surface area contributed by atoms with Gasteiger partial charge in [0.2, 0.25) is 0 Å². The van der Waals surface area contributed by atoms with E-state index in [0.717, 1.165) is 22.9 Å². The van der Waals surface area contributed by atoms with Crippen molar-refractivity contribution in [2.45, 2.75) is 50.7 Å². The fourth-order valence-electron chi connectivity index (χ4n) is 2.72. The van der Waals surface area contributed by atoms with Crippen molar-refractivity contribution in [1.29, 1.82) is 0 Å². The highest BCUT2D eigenvalue weighted by atomic mass is 79.9. The summed E-state index contributed by atoms with van der Waals surface area (Å²) in [6.45, 7) is 0. The standard InChI is InChI=1S/C14H20BrNO2/c15-12-6-10(8-16-9-12)7-13(17)14(18)11-4-2-1-3-5-11/h6,8-9,11,13-14,17-18H,1-5,7H2. The molecule has 4 heteroatoms. The summed E-state index contributed by atoms with van der Waals surface area (Å²) in [5.41, 5.74) is 0.951. The Kier molecular flexibility index (Phi) is 5.15. The van der Waals surface area contributed by atoms with Gasteiger partial charge in [-0.1, -0.05) is 19.3 Å². The van der Waals surface area contributed by atoms with Crippen LogP contribution in [0.25, 0.3) is 0 Å². The van der Waals surface area contributed by atoms with E-state index in [0.29, 0.717) is 6.42 Å². The highest BCUT2D eigenvalue weighted by molar-refractivity contribution is 9.10. The molecule has 2 unspecified atom stereocenters. The Balaban J connectivity index is 1.92. The molecule has 18 heavy (non-hydrogen) atoms. The SMILES string of the molecule is OC(Cc1cncc(Br)c1)C(O)C1CCCCC1. The topological polar surface area (TPSA) is 53.4 Å². The molecule has 2 rings (SSSR count). The number of aliphatic hydroxyl groups excluding tert-OH is 2. The first kappa shape index (κ1) is 14.0. The van der Waals surface area contributed by atoms with Gasteiger partial charge in [-0.25, -0.2) is 0 Å². The van der Waals surface area contributed by atoms with Gasteiger partial charge in [-0.3, -0.25) is 4.98 Å². The van der Waals surface area contributed by atoms with Crippen molar-refractivity contribution < 1.29 is 10.2 Å². The summed E-state index contributed by atoms with van der Waals surface area (Å²) in [7, 11) is 0. The largest absolute Gasteiger partial charge is 0.390 e. The summed E-state index contributed by atoms with van der Waals surface area (Å²) < 4.78 is 0.902. The van der Waals surface area contributed by atoms with E-state index in [4.69, 9.17) is 0 Å². The molecule has 0 bridgehead atoms. The van der Waals surface area contributed by atoms with Gasteiger partial charge in [0.25, 0.3) is 0 Å². The van der Waals surface area contributed by atoms with Crippen LogP contribution in [0.4, 0.5) is 0 Å². The Bertz CT molecular complexity index is 380. The predicted octanol–water partition coefficient (Wildman–Crippen LogP) is 2.69. The van der Waals surface area contributed by atoms with Crippen molar-refractivity contribution in [2.75, 3.05) is 0 Å². The van der Waals surface area contributed by atoms with Crippen LogP contribution in [0, 0.1) is 5.92 Å². The average molecular weight is 314 g/mol. The lowest BCUT2D eigenvalue weighted by Crippen LogP contribution is -2.36. The molecule has 0 saturated heterocycles. The Hall–Kier alpha value is -0.450. The smallest absolute Gasteiger partial charge is 0.0842 e. The van der Waals surface area contributed by atoms with E-state index in [9.17, 15) is 10.2 Å². The van der Waals surface area contributed by atoms with E-state index in [1.54, 1.807) is 12.4 Å². The summed E-state index contributed by atoms with van der Waals surface area (Å²) >= 11 is 3.36. The predicted molar refractivity (Wildman–Crippen MR) is 74.2 cm³/mol. The number of rotatable bonds is 4. The molecule has 0 spiro atoms. The maximum absolute atomic E-state index is 10.2. The van der Waals surface area contributed by atoms with Crippen LogP contribution in [0.3, 0.4) is 0 Å². The number of hydrogen-bond donors (Lipinski definition) is 2. The van der Waals surface area contributed by atoms with Crippen LogP contribution >= 0.6 is 15.9 Å². The van der Waals surface area contributed by atoms with E-state index >= 15 is 0 Å². The molecule has 100 valence electrons. The van der Waals surface area contributed by atoms with E-state index in [-0.39, 0.29) is 5.92 Å². The van der Waals surface area contributed by atoms with Crippen molar-refractivity contribution in [3.8, 4) is 0 Å². The zero-order chi connectivity index (χ0) is 13.0. The molecule has 3 nitrogen and oxygen atoms in total. The van der Waals surface area contributed by atoms with Gasteiger partial charge in [-0.2, -0.15) is 0 Å². The van der Waals surface area contributed by atoms with Crippen LogP contribution in [0.15, 0.2) is 22.9 Å². The maximum Gasteiger partial charge on any atom is 0.0842 e. The zero-order valence-electron chi connectivity index (χ0n) is 10.4. The Morgan fingerprint density at radius 1 is 1.22 bits per heavy atom. The number of aliphatic hydroxyl groups is 2. The van der Waals surface area contributed by atoms with Gasteiger partial charge in [0.1, 0.15) is 0 Å². The van der Waals surface area contributed by atoms with Gasteiger partial charge in [0.15, 0.2) is 0 Å². The Labute approximate surface area is 116 Å². The second-order valence-electron chi connectivity index (χ2n) is 5.17. The van der Waals surface area contributed by atoms with Crippen molar-refractivity contribution in [3.05, 3.63) is 28.5 Å². The first-order valence-corrected chi connectivity index (χ1v) is 7.41. The van der Waals surface area contributed by atoms with Gasteiger partial charge in [0.05, 0.1) is 12.2 Å². The molecule has 0 aromatic carbocycles. The third kappa shape index (κ3) is 3.77. The second kappa shape index (κ2) is 6.64. The monoisotopic (exact) mass is 313 g/mol. The molecule has 1 aromatic heterocycles. The first-order chi connectivity index (χ1) is 8.66. The van der Waals surface area contributed by atoms with Gasteiger partial charge in [-0.05, 0) is 46.3 Å². The molecular formula is C14H20BrNO2. The van der Waals surface area contributed by atoms with Crippen molar-refractivity contribution in [1.82, 2.24) is 4.98 Å². The molecule has 2 atom stereocenters. The molecule has 2 N–H and O–H groups in total. The summed E-state index contributed by atoms with van der Waals surface area (Å²) in [6.07, 6.45) is 8.30. The van der Waals surface area contributed by atoms with E-state index in [1.807, 2.05) is 6.07 Å². The zero-order valence-corrected chi connectivity index (χ0v) is 12.0. The molecule has 1 fully saturated rings. The second-order valence-corrected chi connectivity index (χ2v) is 6.09. The number of hydrogen-bond acceptors (Lipinski definition) is 3. The minimum absolute atomic E-state index is 0.258. The molecule has 1 aromatic rings. The molecule has 1 aliphatic rings.